The fourth-order valence-corrected chi connectivity index (χ4v) is 15.6. The highest BCUT2D eigenvalue weighted by molar-refractivity contribution is 5.70. The average Bonchev–Trinajstić information content (AvgIpc) is 0.759. The van der Waals surface area contributed by atoms with Crippen LogP contribution in [0, 0.1) is 194 Å². The molecule has 0 spiro atoms. The molecule has 0 N–H and O–H groups in total. The number of hydrogen-bond acceptors (Lipinski definition) is 0. The zero-order valence-corrected chi connectivity index (χ0v) is 77.3. The summed E-state index contributed by atoms with van der Waals surface area (Å²) in [6.07, 6.45) is 0. The highest BCUT2D eigenvalue weighted by Crippen LogP contribution is 2.32. The summed E-state index contributed by atoms with van der Waals surface area (Å²) < 4.78 is 106. The Bertz CT molecular complexity index is 6470. The first-order chi connectivity index (χ1) is 60.9. The van der Waals surface area contributed by atoms with E-state index in [1.165, 1.54) is 145 Å². The Morgan fingerprint density at radius 1 is 0.185 bits per heavy atom. The molecule has 0 amide bonds. The van der Waals surface area contributed by atoms with Gasteiger partial charge in [0.05, 0.1) is 11.1 Å². The number of hydrogen-bond donors (Lipinski definition) is 0. The van der Waals surface area contributed by atoms with Gasteiger partial charge < -0.3 is 0 Å². The van der Waals surface area contributed by atoms with Crippen LogP contribution >= 0.6 is 0 Å². The van der Waals surface area contributed by atoms with Gasteiger partial charge in [0, 0.05) is 175 Å². The van der Waals surface area contributed by atoms with Gasteiger partial charge in [0.2, 0.25) is 39.9 Å². The lowest BCUT2D eigenvalue weighted by Crippen LogP contribution is -2.36. The molecule has 616 valence electrons. The van der Waals surface area contributed by atoms with Crippen molar-refractivity contribution in [1.82, 2.24) is 0 Å². The molecule has 0 atom stereocenters. The second-order valence-electron chi connectivity index (χ2n) is 32.8. The van der Waals surface area contributed by atoms with Crippen molar-refractivity contribution >= 4 is 0 Å². The van der Waals surface area contributed by atoms with Crippen LogP contribution in [0.5, 0.6) is 0 Å². The van der Waals surface area contributed by atoms with Gasteiger partial charge in [-0.1, -0.05) is 115 Å². The molecule has 7 heteroatoms. The highest BCUT2D eigenvalue weighted by atomic mass is 15.0. The van der Waals surface area contributed by atoms with Crippen molar-refractivity contribution in [2.24, 2.45) is 49.3 Å². The van der Waals surface area contributed by atoms with Crippen molar-refractivity contribution in [2.75, 3.05) is 0 Å². The minimum Gasteiger partial charge on any atom is -0.199 e. The van der Waals surface area contributed by atoms with Crippen molar-refractivity contribution < 1.29 is 48.4 Å². The summed E-state index contributed by atoms with van der Waals surface area (Å²) in [6, 6.07) is 72.4. The number of nitrogens with zero attached hydrogens (tertiary/aromatic N) is 7. The van der Waals surface area contributed by atoms with Crippen molar-refractivity contribution in [3.8, 4) is 78.8 Å². The van der Waals surface area contributed by atoms with Crippen molar-refractivity contribution in [1.29, 1.82) is 0 Å². The summed E-state index contributed by atoms with van der Waals surface area (Å²) in [5, 5.41) is 0. The Hall–Kier alpha value is -11.4. The van der Waals surface area contributed by atoms with Crippen LogP contribution in [0.3, 0.4) is 0 Å². The number of benzene rings is 7. The maximum atomic E-state index is 7.75. The summed E-state index contributed by atoms with van der Waals surface area (Å²) in [5.74, 6) is 0. The highest BCUT2D eigenvalue weighted by Gasteiger charge is 2.25. The van der Waals surface area contributed by atoms with Crippen LogP contribution in [0.25, 0.3) is 78.8 Å². The molecule has 7 aromatic carbocycles. The minimum absolute atomic E-state index is 0.131. The lowest BCUT2D eigenvalue weighted by atomic mass is 9.98. The van der Waals surface area contributed by atoms with Crippen LogP contribution in [0.4, 0.5) is 0 Å². The van der Waals surface area contributed by atoms with Gasteiger partial charge in [-0.2, -0.15) is 32.0 Å². The number of rotatable bonds is 7. The van der Waals surface area contributed by atoms with Crippen LogP contribution in [0.1, 0.15) is 173 Å². The van der Waals surface area contributed by atoms with E-state index in [0.29, 0.717) is 17.1 Å². The van der Waals surface area contributed by atoms with E-state index in [-0.39, 0.29) is 11.3 Å². The van der Waals surface area contributed by atoms with Gasteiger partial charge in [-0.25, -0.2) is 0 Å². The Labute approximate surface area is 735 Å². The average molecular weight is 1600 g/mol. The third-order valence-corrected chi connectivity index (χ3v) is 24.3. The second kappa shape index (κ2) is 40.8. The smallest absolute Gasteiger partial charge is 0.199 e. The Morgan fingerprint density at radius 3 is 0.933 bits per heavy atom. The molecule has 0 aliphatic rings. The molecule has 14 rings (SSSR count). The summed E-state index contributed by atoms with van der Waals surface area (Å²) >= 11 is 0. The molecule has 0 fully saturated rings. The predicted octanol–water partition coefficient (Wildman–Crippen LogP) is 23.9. The summed E-state index contributed by atoms with van der Waals surface area (Å²) in [5.41, 5.74) is 46.8. The van der Waals surface area contributed by atoms with Gasteiger partial charge >= 0.3 is 0 Å². The Kier molecular flexibility index (Phi) is 26.2. The van der Waals surface area contributed by atoms with Gasteiger partial charge in [-0.3, -0.25) is 0 Å². The number of aromatic nitrogens is 7. The van der Waals surface area contributed by atoms with Crippen LogP contribution in [0.15, 0.2) is 212 Å². The van der Waals surface area contributed by atoms with Gasteiger partial charge in [0.1, 0.15) is 49.3 Å². The maximum Gasteiger partial charge on any atom is 0.215 e. The van der Waals surface area contributed by atoms with E-state index in [2.05, 4.69) is 305 Å². The first-order valence-electron chi connectivity index (χ1n) is 47.3. The zero-order valence-electron chi connectivity index (χ0n) is 89.3. The first-order valence-corrected chi connectivity index (χ1v) is 41.3. The fraction of sp³-hybridized carbons (Fsp3) is 0.312. The third-order valence-electron chi connectivity index (χ3n) is 24.3. The van der Waals surface area contributed by atoms with Crippen molar-refractivity contribution in [3.63, 3.8) is 0 Å². The van der Waals surface area contributed by atoms with Crippen LogP contribution in [-0.4, -0.2) is 0 Å². The van der Waals surface area contributed by atoms with Gasteiger partial charge in [0.25, 0.3) is 0 Å². The summed E-state index contributed by atoms with van der Waals surface area (Å²) in [7, 11) is 13.8. The summed E-state index contributed by atoms with van der Waals surface area (Å²) in [6.45, 7) is 41.6. The third kappa shape index (κ3) is 21.9. The molecule has 7 heterocycles. The lowest BCUT2D eigenvalue weighted by molar-refractivity contribution is -0.667. The molecule has 7 nitrogen and oxygen atoms in total. The van der Waals surface area contributed by atoms with E-state index in [9.17, 15) is 0 Å². The van der Waals surface area contributed by atoms with E-state index in [4.69, 9.17) is 16.4 Å². The standard InChI is InChI=1S/7C16H20N/c1-11-6-8-15(13(3)10-11)16-9-7-12(2)14(4)17(16)5;2*1-11-9-14(4)17(5)15(10-11)16-12(2)7-6-8-13(16)3;2*1-11-7-6-8-15(13(11)3)16-10-9-12(2)14(4)17(16)5;2*1-11-8-6-7-9-15(11)16-14(4)12(2)10-13(3)17(16)5/h7*6-10H,1-5H3/q7*+1/i;4D3;;2D3,4D3;;3D3;. The van der Waals surface area contributed by atoms with Crippen LogP contribution < -0.4 is 32.0 Å². The number of pyridine rings is 7. The van der Waals surface area contributed by atoms with Gasteiger partial charge in [0.15, 0.2) is 39.9 Å². The van der Waals surface area contributed by atoms with Gasteiger partial charge in [-0.05, 0) is 277 Å². The van der Waals surface area contributed by atoms with Crippen molar-refractivity contribution in [3.05, 3.63) is 369 Å². The zero-order chi connectivity index (χ0) is 98.0. The molecule has 0 saturated carbocycles. The molecule has 0 radical (unpaired) electrons. The SMILES string of the molecule is Cc1cc(C)[n+](C)c(-c2c(C)cccc2C)c1.Cc1ccc(-c2ccc(C)c(C)[n+]2C)c(C)c1.Cc1cccc(-c2ccc(C)c(C)[n+]2C)c1C.Cc1ccccc1-c1c(C)c(C)cc(C)[n+]1C.[2H]C([2H])([2H])c1cc(C)c(C)c(-c2ccccc2C)[n+]1C.[2H]C([2H])([2H])c1cc(C)cc(-c2c(C)cccc2C)[n+]1C.[2H]C([2H])([2H])c1ccc(-c2cccc(C)c2C)[n+](C)c1C([2H])([2H])[2H]. The van der Waals surface area contributed by atoms with E-state index in [1.54, 1.807) is 34.4 Å². The van der Waals surface area contributed by atoms with E-state index in [1.807, 2.05) is 110 Å². The van der Waals surface area contributed by atoms with Crippen LogP contribution in [-0.2, 0) is 49.3 Å². The summed E-state index contributed by atoms with van der Waals surface area (Å²) in [4.78, 5) is 0. The van der Waals surface area contributed by atoms with Crippen molar-refractivity contribution in [2.45, 2.75) is 194 Å². The molecule has 0 aliphatic heterocycles. The molecule has 119 heavy (non-hydrogen) atoms. The maximum absolute atomic E-state index is 7.75. The first kappa shape index (κ1) is 76.3. The van der Waals surface area contributed by atoms with E-state index >= 15 is 0 Å². The molecule has 0 unspecified atom stereocenters. The molecule has 0 aliphatic carbocycles. The molecular weight excluding hydrogens is 1440 g/mol. The molecule has 0 saturated heterocycles. The second-order valence-corrected chi connectivity index (χ2v) is 32.8. The molecular formula is C112H140N7+7. The fourth-order valence-electron chi connectivity index (χ4n) is 15.6. The van der Waals surface area contributed by atoms with E-state index < -0.39 is 27.4 Å². The largest absolute Gasteiger partial charge is 0.215 e. The molecule has 7 aromatic heterocycles. The monoisotopic (exact) mass is 1600 g/mol. The Balaban J connectivity index is 0.000000189. The predicted molar refractivity (Wildman–Crippen MR) is 504 cm³/mol. The van der Waals surface area contributed by atoms with Crippen LogP contribution in [0.2, 0.25) is 0 Å². The number of aryl methyl sites for hydroxylation is 21. The minimum atomic E-state index is -2.51. The topological polar surface area (TPSA) is 27.2 Å². The normalized spacial score (nSPS) is 12.6. The molecule has 14 aromatic rings. The quantitative estimate of drug-likeness (QED) is 0.142. The Morgan fingerprint density at radius 2 is 0.521 bits per heavy atom. The van der Waals surface area contributed by atoms with E-state index in [0.717, 1.165) is 72.6 Å². The van der Waals surface area contributed by atoms with Gasteiger partial charge in [-0.15, -0.1) is 0 Å². The lowest BCUT2D eigenvalue weighted by Gasteiger charge is -2.10. The molecule has 0 bridgehead atoms.